The first kappa shape index (κ1) is 15.0. The average Bonchev–Trinajstić information content (AvgIpc) is 2.42. The second-order valence-corrected chi connectivity index (χ2v) is 4.12. The predicted molar refractivity (Wildman–Crippen MR) is 73.7 cm³/mol. The summed E-state index contributed by atoms with van der Waals surface area (Å²) in [5.74, 6) is -0.293. The number of hydrogen-bond acceptors (Lipinski definition) is 4. The highest BCUT2D eigenvalue weighted by Gasteiger charge is 2.10. The van der Waals surface area contributed by atoms with Crippen molar-refractivity contribution in [2.24, 2.45) is 0 Å². The molecule has 104 valence electrons. The molecule has 1 rings (SSSR count). The van der Waals surface area contributed by atoms with Crippen molar-refractivity contribution in [1.29, 1.82) is 0 Å². The third-order valence-corrected chi connectivity index (χ3v) is 2.86. The van der Waals surface area contributed by atoms with Crippen molar-refractivity contribution in [3.63, 3.8) is 0 Å². The van der Waals surface area contributed by atoms with Crippen molar-refractivity contribution >= 4 is 17.6 Å². The van der Waals surface area contributed by atoms with Crippen molar-refractivity contribution < 1.29 is 14.3 Å². The Balaban J connectivity index is 2.77. The second kappa shape index (κ2) is 7.41. The molecule has 1 N–H and O–H groups in total. The molecule has 0 aromatic heterocycles. The summed E-state index contributed by atoms with van der Waals surface area (Å²) in [4.78, 5) is 24.3. The number of para-hydroxylation sites is 1. The maximum absolute atomic E-state index is 11.4. The Morgan fingerprint density at radius 1 is 1.32 bits per heavy atom. The van der Waals surface area contributed by atoms with E-state index < -0.39 is 0 Å². The summed E-state index contributed by atoms with van der Waals surface area (Å²) in [5.41, 5.74) is 1.82. The van der Waals surface area contributed by atoms with Gasteiger partial charge in [-0.25, -0.2) is 0 Å². The third-order valence-electron chi connectivity index (χ3n) is 2.86. The number of anilines is 1. The molecule has 0 heterocycles. The Bertz CT molecular complexity index is 446. The van der Waals surface area contributed by atoms with Crippen LogP contribution in [0.3, 0.4) is 0 Å². The van der Waals surface area contributed by atoms with Crippen LogP contribution in [0.5, 0.6) is 0 Å². The van der Waals surface area contributed by atoms with E-state index in [1.807, 2.05) is 31.2 Å². The largest absolute Gasteiger partial charge is 0.468 e. The molecule has 0 aliphatic rings. The van der Waals surface area contributed by atoms with Gasteiger partial charge in [-0.1, -0.05) is 18.2 Å². The number of carbonyl (C=O) groups is 2. The molecule has 0 saturated carbocycles. The predicted octanol–water partition coefficient (Wildman–Crippen LogP) is 1.64. The Morgan fingerprint density at radius 2 is 2.00 bits per heavy atom. The number of esters is 1. The SMILES string of the molecule is CCN(Cc1ccccc1NCC(=O)OC)C(C)=O. The van der Waals surface area contributed by atoms with Crippen LogP contribution < -0.4 is 5.32 Å². The monoisotopic (exact) mass is 264 g/mol. The molecule has 0 spiro atoms. The lowest BCUT2D eigenvalue weighted by Crippen LogP contribution is -2.28. The van der Waals surface area contributed by atoms with Crippen LogP contribution in [0.25, 0.3) is 0 Å². The first-order valence-corrected chi connectivity index (χ1v) is 6.22. The van der Waals surface area contributed by atoms with E-state index in [2.05, 4.69) is 10.1 Å². The van der Waals surface area contributed by atoms with Gasteiger partial charge in [-0.15, -0.1) is 0 Å². The van der Waals surface area contributed by atoms with E-state index in [-0.39, 0.29) is 18.4 Å². The van der Waals surface area contributed by atoms with E-state index in [1.54, 1.807) is 11.8 Å². The quantitative estimate of drug-likeness (QED) is 0.794. The van der Waals surface area contributed by atoms with Gasteiger partial charge in [0.05, 0.1) is 7.11 Å². The van der Waals surface area contributed by atoms with E-state index in [9.17, 15) is 9.59 Å². The molecular weight excluding hydrogens is 244 g/mol. The Kier molecular flexibility index (Phi) is 5.85. The van der Waals surface area contributed by atoms with Gasteiger partial charge in [0.1, 0.15) is 6.54 Å². The van der Waals surface area contributed by atoms with Gasteiger partial charge >= 0.3 is 5.97 Å². The molecule has 0 aliphatic carbocycles. The molecule has 5 nitrogen and oxygen atoms in total. The smallest absolute Gasteiger partial charge is 0.325 e. The summed E-state index contributed by atoms with van der Waals surface area (Å²) >= 11 is 0. The minimum absolute atomic E-state index is 0.0327. The van der Waals surface area contributed by atoms with E-state index in [1.165, 1.54) is 7.11 Å². The Hall–Kier alpha value is -2.04. The second-order valence-electron chi connectivity index (χ2n) is 4.12. The number of methoxy groups -OCH3 is 1. The van der Waals surface area contributed by atoms with Crippen LogP contribution >= 0.6 is 0 Å². The zero-order chi connectivity index (χ0) is 14.3. The van der Waals surface area contributed by atoms with Gasteiger partial charge in [-0.3, -0.25) is 9.59 Å². The molecule has 0 fully saturated rings. The van der Waals surface area contributed by atoms with Crippen LogP contribution in [-0.2, 0) is 20.9 Å². The molecular formula is C14H20N2O3. The van der Waals surface area contributed by atoms with Gasteiger partial charge < -0.3 is 15.0 Å². The fourth-order valence-corrected chi connectivity index (χ4v) is 1.72. The van der Waals surface area contributed by atoms with Crippen LogP contribution in [0.4, 0.5) is 5.69 Å². The summed E-state index contributed by atoms with van der Waals surface area (Å²) in [6.07, 6.45) is 0. The van der Waals surface area contributed by atoms with Gasteiger partial charge in [0, 0.05) is 25.7 Å². The fourth-order valence-electron chi connectivity index (χ4n) is 1.72. The Labute approximate surface area is 113 Å². The van der Waals surface area contributed by atoms with Crippen LogP contribution in [0, 0.1) is 0 Å². The van der Waals surface area contributed by atoms with Crippen molar-refractivity contribution in [1.82, 2.24) is 4.90 Å². The molecule has 0 unspecified atom stereocenters. The molecule has 0 saturated heterocycles. The molecule has 1 aromatic rings. The van der Waals surface area contributed by atoms with E-state index >= 15 is 0 Å². The first-order chi connectivity index (χ1) is 9.08. The standard InChI is InChI=1S/C14H20N2O3/c1-4-16(11(2)17)10-12-7-5-6-8-13(12)15-9-14(18)19-3/h5-8,15H,4,9-10H2,1-3H3. The normalized spacial score (nSPS) is 9.84. The maximum atomic E-state index is 11.4. The Morgan fingerprint density at radius 3 is 2.58 bits per heavy atom. The zero-order valence-electron chi connectivity index (χ0n) is 11.6. The van der Waals surface area contributed by atoms with Crippen molar-refractivity contribution in [2.45, 2.75) is 20.4 Å². The lowest BCUT2D eigenvalue weighted by molar-refractivity contribution is -0.138. The van der Waals surface area contributed by atoms with Crippen molar-refractivity contribution in [3.8, 4) is 0 Å². The summed E-state index contributed by atoms with van der Waals surface area (Å²) < 4.78 is 4.59. The summed E-state index contributed by atoms with van der Waals surface area (Å²) in [7, 11) is 1.35. The lowest BCUT2D eigenvalue weighted by Gasteiger charge is -2.21. The average molecular weight is 264 g/mol. The van der Waals surface area contributed by atoms with Crippen molar-refractivity contribution in [2.75, 3.05) is 25.5 Å². The highest BCUT2D eigenvalue weighted by molar-refractivity contribution is 5.76. The summed E-state index contributed by atoms with van der Waals surface area (Å²) in [6, 6.07) is 7.61. The lowest BCUT2D eigenvalue weighted by atomic mass is 10.1. The van der Waals surface area contributed by atoms with Crippen LogP contribution in [0.2, 0.25) is 0 Å². The molecule has 0 aliphatic heterocycles. The van der Waals surface area contributed by atoms with Gasteiger partial charge in [0.15, 0.2) is 0 Å². The van der Waals surface area contributed by atoms with Crippen LogP contribution in [-0.4, -0.2) is 37.0 Å². The van der Waals surface area contributed by atoms with Crippen LogP contribution in [0.1, 0.15) is 19.4 Å². The summed E-state index contributed by atoms with van der Waals surface area (Å²) in [6.45, 7) is 4.77. The molecule has 0 radical (unpaired) electrons. The molecule has 19 heavy (non-hydrogen) atoms. The fraction of sp³-hybridized carbons (Fsp3) is 0.429. The van der Waals surface area contributed by atoms with E-state index in [4.69, 9.17) is 0 Å². The molecule has 1 aromatic carbocycles. The van der Waals surface area contributed by atoms with E-state index in [0.29, 0.717) is 13.1 Å². The summed E-state index contributed by atoms with van der Waals surface area (Å²) in [5, 5.41) is 3.02. The number of nitrogens with zero attached hydrogens (tertiary/aromatic N) is 1. The number of ether oxygens (including phenoxy) is 1. The highest BCUT2D eigenvalue weighted by Crippen LogP contribution is 2.17. The molecule has 0 atom stereocenters. The molecule has 1 amide bonds. The highest BCUT2D eigenvalue weighted by atomic mass is 16.5. The minimum Gasteiger partial charge on any atom is -0.468 e. The van der Waals surface area contributed by atoms with Gasteiger partial charge in [-0.05, 0) is 18.6 Å². The topological polar surface area (TPSA) is 58.6 Å². The van der Waals surface area contributed by atoms with Gasteiger partial charge in [-0.2, -0.15) is 0 Å². The number of nitrogens with one attached hydrogen (secondary N) is 1. The number of amides is 1. The van der Waals surface area contributed by atoms with Crippen molar-refractivity contribution in [3.05, 3.63) is 29.8 Å². The molecule has 0 bridgehead atoms. The van der Waals surface area contributed by atoms with Gasteiger partial charge in [0.2, 0.25) is 5.91 Å². The molecule has 5 heteroatoms. The van der Waals surface area contributed by atoms with Gasteiger partial charge in [0.25, 0.3) is 0 Å². The number of rotatable bonds is 6. The maximum Gasteiger partial charge on any atom is 0.325 e. The first-order valence-electron chi connectivity index (χ1n) is 6.22. The van der Waals surface area contributed by atoms with E-state index in [0.717, 1.165) is 11.3 Å². The third kappa shape index (κ3) is 4.62. The zero-order valence-corrected chi connectivity index (χ0v) is 11.6. The number of carbonyl (C=O) groups excluding carboxylic acids is 2. The van der Waals surface area contributed by atoms with Crippen LogP contribution in [0.15, 0.2) is 24.3 Å². The minimum atomic E-state index is -0.325. The number of benzene rings is 1. The number of hydrogen-bond donors (Lipinski definition) is 1.